The van der Waals surface area contributed by atoms with Crippen LogP contribution in [-0.4, -0.2) is 66.2 Å². The first-order valence-electron chi connectivity index (χ1n) is 26.5. The summed E-state index contributed by atoms with van der Waals surface area (Å²) in [6, 6.07) is 47.1. The number of aromatic nitrogens is 1. The first kappa shape index (κ1) is 51.9. The fourth-order valence-electron chi connectivity index (χ4n) is 10.1. The lowest BCUT2D eigenvalue weighted by molar-refractivity contribution is -0.143. The normalized spacial score (nSPS) is 14.8. The lowest BCUT2D eigenvalue weighted by atomic mass is 9.98. The number of ether oxygens (including phenoxy) is 2. The second-order valence-electron chi connectivity index (χ2n) is 19.7. The van der Waals surface area contributed by atoms with Gasteiger partial charge < -0.3 is 19.4 Å². The number of halogens is 2. The van der Waals surface area contributed by atoms with E-state index < -0.39 is 0 Å². The number of fused-ring (bicyclic) bond motifs is 5. The number of H-pyrrole nitrogens is 1. The van der Waals surface area contributed by atoms with Gasteiger partial charge >= 0.3 is 5.97 Å². The van der Waals surface area contributed by atoms with Gasteiger partial charge in [0.05, 0.1) is 47.4 Å². The first-order chi connectivity index (χ1) is 37.2. The number of unbranched alkanes of at least 4 members (excludes halogenated alkanes) is 2. The zero-order chi connectivity index (χ0) is 52.4. The fourth-order valence-corrected chi connectivity index (χ4v) is 10.5. The van der Waals surface area contributed by atoms with Crippen molar-refractivity contribution >= 4 is 74.3 Å². The van der Waals surface area contributed by atoms with Crippen LogP contribution >= 0.6 is 23.2 Å². The molecule has 5 aromatic carbocycles. The Bertz CT molecular complexity index is 3480. The molecule has 0 spiro atoms. The van der Waals surface area contributed by atoms with Crippen molar-refractivity contribution < 1.29 is 14.3 Å². The summed E-state index contributed by atoms with van der Waals surface area (Å²) >= 11 is 12.0. The van der Waals surface area contributed by atoms with Crippen LogP contribution in [0.5, 0.6) is 5.75 Å². The Hall–Kier alpha value is -7.52. The van der Waals surface area contributed by atoms with Crippen LogP contribution in [0.25, 0.3) is 22.3 Å². The number of aliphatic imine (C=N–C) groups is 3. The van der Waals surface area contributed by atoms with Gasteiger partial charge in [-0.15, -0.1) is 23.2 Å². The highest BCUT2D eigenvalue weighted by Gasteiger charge is 2.26. The highest BCUT2D eigenvalue weighted by molar-refractivity contribution is 6.35. The molecule has 8 bridgehead atoms. The molecule has 384 valence electrons. The number of nitrogens with one attached hydrogen (secondary N) is 1. The summed E-state index contributed by atoms with van der Waals surface area (Å²) in [6.45, 7) is 8.82. The molecule has 0 saturated carbocycles. The molecule has 6 aromatic rings. The van der Waals surface area contributed by atoms with Crippen LogP contribution in [0.1, 0.15) is 83.0 Å². The van der Waals surface area contributed by atoms with E-state index in [-0.39, 0.29) is 5.97 Å². The molecule has 1 N–H and O–H groups in total. The molecule has 0 saturated heterocycles. The predicted molar refractivity (Wildman–Crippen MR) is 316 cm³/mol. The number of nitrogens with zero attached hydrogens (tertiary/aromatic N) is 4. The van der Waals surface area contributed by atoms with E-state index in [9.17, 15) is 4.79 Å². The maximum atomic E-state index is 12.5. The quantitative estimate of drug-likeness (QED) is 0.0468. The number of hydrogen-bond acceptors (Lipinski definition) is 7. The summed E-state index contributed by atoms with van der Waals surface area (Å²) in [5, 5.41) is 1.91. The van der Waals surface area contributed by atoms with Crippen molar-refractivity contribution in [1.82, 2.24) is 4.98 Å². The molecule has 0 radical (unpaired) electrons. The van der Waals surface area contributed by atoms with Crippen molar-refractivity contribution in [1.29, 1.82) is 0 Å². The van der Waals surface area contributed by atoms with Crippen molar-refractivity contribution in [2.24, 2.45) is 15.0 Å². The van der Waals surface area contributed by atoms with Crippen molar-refractivity contribution in [2.45, 2.75) is 65.7 Å². The summed E-state index contributed by atoms with van der Waals surface area (Å²) in [6.07, 6.45) is 15.9. The number of carbonyl (C=O) groups excluding carboxylic acids is 1. The van der Waals surface area contributed by atoms with Gasteiger partial charge in [-0.25, -0.2) is 9.98 Å². The molecule has 0 unspecified atom stereocenters. The number of esters is 1. The maximum absolute atomic E-state index is 12.5. The third-order valence-electron chi connectivity index (χ3n) is 14.2. The highest BCUT2D eigenvalue weighted by Crippen LogP contribution is 2.38. The average molecular weight is 1050 g/mol. The summed E-state index contributed by atoms with van der Waals surface area (Å²) in [5.41, 5.74) is 19.3. The Balaban J connectivity index is 0.880. The summed E-state index contributed by atoms with van der Waals surface area (Å²) in [4.78, 5) is 35.0. The molecule has 0 aliphatic carbocycles. The fraction of sp³-hybridized carbons (Fsp3) is 0.242. The minimum absolute atomic E-state index is 0.152. The molecule has 5 heterocycles. The number of allylic oxidation sites excluding steroid dienone is 7. The van der Waals surface area contributed by atoms with E-state index in [2.05, 4.69) is 182 Å². The SMILES string of the molecule is Cc1ccc(C2=C3C=CC(=N3)C(c3ccc(C)cc3)=C3C=CC(=N3)C(c3ccc(OCCCCCOC(=O)CCCc4ccc(N(CCCl)CCCl)cc4)cc3)=c3ccc([nH]3)=C(c3ccc(C)cc3)C3=NC2=CC3)cc1. The number of alkyl halides is 2. The van der Waals surface area contributed by atoms with Gasteiger partial charge in [-0.3, -0.25) is 9.79 Å². The molecular weight excluding hydrogens is 982 g/mol. The van der Waals surface area contributed by atoms with Gasteiger partial charge in [0, 0.05) is 76.4 Å². The standard InChI is InChI=1S/C66H63Cl2N5O3/c1-44-10-18-48(19-11-44)63-54-30-32-56(69-54)64(49-20-12-45(2)13-21-49)58-34-36-60(71-58)66(61-37-35-59(72-61)65(57-33-31-55(63)70-57)50-22-14-46(3)15-23-50)51-24-28-53(29-25-51)75-42-5-4-6-43-76-62(74)9-7-8-47-16-26-52(27-17-47)73(40-38-67)41-39-68/h10-32,34-37,72H,4-9,33,38-43H2,1-3H3. The topological polar surface area (TPSA) is 91.6 Å². The number of hydrogen-bond donors (Lipinski definition) is 1. The van der Waals surface area contributed by atoms with E-state index in [1.165, 1.54) is 22.3 Å². The number of carbonyl (C=O) groups is 1. The van der Waals surface area contributed by atoms with E-state index in [0.717, 1.165) is 146 Å². The van der Waals surface area contributed by atoms with Gasteiger partial charge in [0.2, 0.25) is 0 Å². The van der Waals surface area contributed by atoms with Gasteiger partial charge in [-0.2, -0.15) is 0 Å². The number of aromatic amines is 1. The summed E-state index contributed by atoms with van der Waals surface area (Å²) in [5.74, 6) is 1.73. The van der Waals surface area contributed by atoms with Crippen molar-refractivity contribution in [2.75, 3.05) is 43.0 Å². The second kappa shape index (κ2) is 24.4. The second-order valence-corrected chi connectivity index (χ2v) is 20.5. The van der Waals surface area contributed by atoms with Gasteiger partial charge in [-0.05, 0) is 141 Å². The third kappa shape index (κ3) is 12.3. The zero-order valence-corrected chi connectivity index (χ0v) is 45.1. The minimum Gasteiger partial charge on any atom is -0.494 e. The van der Waals surface area contributed by atoms with Crippen LogP contribution in [0, 0.1) is 20.8 Å². The lowest BCUT2D eigenvalue weighted by Crippen LogP contribution is -2.27. The third-order valence-corrected chi connectivity index (χ3v) is 14.5. The van der Waals surface area contributed by atoms with Crippen LogP contribution < -0.4 is 20.3 Å². The molecule has 76 heavy (non-hydrogen) atoms. The molecule has 10 heteroatoms. The first-order valence-corrected chi connectivity index (χ1v) is 27.6. The molecule has 4 aliphatic rings. The van der Waals surface area contributed by atoms with E-state index in [0.29, 0.717) is 37.8 Å². The van der Waals surface area contributed by atoms with Crippen LogP contribution in [-0.2, 0) is 16.0 Å². The molecule has 0 atom stereocenters. The van der Waals surface area contributed by atoms with Gasteiger partial charge in [-0.1, -0.05) is 120 Å². The van der Waals surface area contributed by atoms with Crippen LogP contribution in [0.15, 0.2) is 196 Å². The molecule has 10 rings (SSSR count). The summed E-state index contributed by atoms with van der Waals surface area (Å²) < 4.78 is 11.8. The largest absolute Gasteiger partial charge is 0.494 e. The van der Waals surface area contributed by atoms with Gasteiger partial charge in [0.15, 0.2) is 0 Å². The van der Waals surface area contributed by atoms with E-state index in [1.807, 2.05) is 12.1 Å². The van der Waals surface area contributed by atoms with Crippen molar-refractivity contribution in [3.63, 3.8) is 0 Å². The Labute approximate surface area is 456 Å². The van der Waals surface area contributed by atoms with Crippen LogP contribution in [0.3, 0.4) is 0 Å². The molecule has 1 aromatic heterocycles. The smallest absolute Gasteiger partial charge is 0.305 e. The Kier molecular flexibility index (Phi) is 16.7. The van der Waals surface area contributed by atoms with Crippen LogP contribution in [0.2, 0.25) is 0 Å². The molecule has 0 amide bonds. The number of rotatable bonds is 20. The van der Waals surface area contributed by atoms with E-state index in [4.69, 9.17) is 47.7 Å². The highest BCUT2D eigenvalue weighted by atomic mass is 35.5. The van der Waals surface area contributed by atoms with Gasteiger partial charge in [0.1, 0.15) is 5.75 Å². The Morgan fingerprint density at radius 3 is 1.70 bits per heavy atom. The van der Waals surface area contributed by atoms with Crippen molar-refractivity contribution in [3.8, 4) is 5.75 Å². The minimum atomic E-state index is -0.152. The summed E-state index contributed by atoms with van der Waals surface area (Å²) in [7, 11) is 0. The van der Waals surface area contributed by atoms with Gasteiger partial charge in [0.25, 0.3) is 0 Å². The predicted octanol–water partition coefficient (Wildman–Crippen LogP) is 13.3. The maximum Gasteiger partial charge on any atom is 0.305 e. The monoisotopic (exact) mass is 1040 g/mol. The number of aryl methyl sites for hydroxylation is 4. The Morgan fingerprint density at radius 1 is 0.553 bits per heavy atom. The average Bonchev–Trinajstić information content (AvgIpc) is 4.30. The number of benzene rings is 5. The molecule has 8 nitrogen and oxygen atoms in total. The number of anilines is 1. The van der Waals surface area contributed by atoms with E-state index in [1.54, 1.807) is 0 Å². The Morgan fingerprint density at radius 2 is 1.08 bits per heavy atom. The molecular formula is C66H63Cl2N5O3. The zero-order valence-electron chi connectivity index (χ0n) is 43.6. The molecule has 0 fully saturated rings. The molecule has 4 aliphatic heterocycles. The van der Waals surface area contributed by atoms with Crippen molar-refractivity contribution in [3.05, 3.63) is 236 Å². The van der Waals surface area contributed by atoms with E-state index >= 15 is 0 Å². The lowest BCUT2D eigenvalue weighted by Gasteiger charge is -2.23. The van der Waals surface area contributed by atoms with Crippen LogP contribution in [0.4, 0.5) is 5.69 Å².